The van der Waals surface area contributed by atoms with E-state index in [4.69, 9.17) is 4.74 Å². The maximum atomic E-state index is 12.0. The molecular weight excluding hydrogens is 292 g/mol. The molecule has 0 bridgehead atoms. The third-order valence-corrected chi connectivity index (χ3v) is 3.56. The topological polar surface area (TPSA) is 67.4 Å². The Hall–Kier alpha value is -1.88. The molecule has 0 aliphatic heterocycles. The molecule has 0 aliphatic rings. The van der Waals surface area contributed by atoms with Crippen LogP contribution in [0.4, 0.5) is 5.69 Å². The maximum absolute atomic E-state index is 12.0. The van der Waals surface area contributed by atoms with Crippen LogP contribution in [0.5, 0.6) is 0 Å². The summed E-state index contributed by atoms with van der Waals surface area (Å²) in [6.07, 6.45) is 0.660. The molecule has 0 saturated heterocycles. The second-order valence-electron chi connectivity index (χ2n) is 6.18. The van der Waals surface area contributed by atoms with E-state index in [0.29, 0.717) is 31.9 Å². The first-order chi connectivity index (χ1) is 10.9. The predicted molar refractivity (Wildman–Crippen MR) is 92.4 cm³/mol. The highest BCUT2D eigenvalue weighted by atomic mass is 16.5. The van der Waals surface area contributed by atoms with Crippen molar-refractivity contribution in [1.29, 1.82) is 0 Å². The van der Waals surface area contributed by atoms with Crippen molar-refractivity contribution in [3.05, 3.63) is 29.8 Å². The predicted octanol–water partition coefficient (Wildman–Crippen LogP) is 2.93. The molecule has 1 atom stereocenters. The number of anilines is 1. The van der Waals surface area contributed by atoms with E-state index >= 15 is 0 Å². The molecule has 0 fully saturated rings. The molecule has 0 aromatic heterocycles. The average molecular weight is 320 g/mol. The Morgan fingerprint density at radius 1 is 1.04 bits per heavy atom. The fraction of sp³-hybridized carbons (Fsp3) is 0.556. The number of amides is 2. The van der Waals surface area contributed by atoms with Crippen LogP contribution in [0, 0.1) is 5.92 Å². The molecule has 0 spiro atoms. The van der Waals surface area contributed by atoms with Crippen LogP contribution in [-0.4, -0.2) is 32.1 Å². The summed E-state index contributed by atoms with van der Waals surface area (Å²) in [7, 11) is 1.59. The lowest BCUT2D eigenvalue weighted by Crippen LogP contribution is -2.29. The summed E-state index contributed by atoms with van der Waals surface area (Å²) in [5, 5.41) is 5.63. The minimum Gasteiger partial charge on any atom is -0.383 e. The molecule has 0 aliphatic carbocycles. The number of nitrogens with one attached hydrogen (secondary N) is 2. The Bertz CT molecular complexity index is 497. The molecule has 5 nitrogen and oxygen atoms in total. The summed E-state index contributed by atoms with van der Waals surface area (Å²) < 4.78 is 4.87. The SMILES string of the molecule is COCCNC(=O)C[C@@H](C)CC(=O)Nc1ccc(C(C)C)cc1. The molecule has 0 unspecified atom stereocenters. The van der Waals surface area contributed by atoms with Crippen LogP contribution in [0.25, 0.3) is 0 Å². The van der Waals surface area contributed by atoms with Gasteiger partial charge in [0.1, 0.15) is 0 Å². The fourth-order valence-corrected chi connectivity index (χ4v) is 2.23. The molecule has 5 heteroatoms. The normalized spacial score (nSPS) is 12.0. The monoisotopic (exact) mass is 320 g/mol. The Labute approximate surface area is 138 Å². The van der Waals surface area contributed by atoms with Gasteiger partial charge >= 0.3 is 0 Å². The van der Waals surface area contributed by atoms with Crippen LogP contribution < -0.4 is 10.6 Å². The maximum Gasteiger partial charge on any atom is 0.224 e. The Morgan fingerprint density at radius 2 is 1.65 bits per heavy atom. The van der Waals surface area contributed by atoms with Gasteiger partial charge in [-0.05, 0) is 29.5 Å². The smallest absolute Gasteiger partial charge is 0.224 e. The minimum atomic E-state index is -0.0699. The summed E-state index contributed by atoms with van der Waals surface area (Å²) in [5.74, 6) is 0.340. The molecule has 1 aromatic rings. The van der Waals surface area contributed by atoms with Gasteiger partial charge in [0.15, 0.2) is 0 Å². The molecule has 128 valence electrons. The minimum absolute atomic E-state index is 0.00696. The van der Waals surface area contributed by atoms with Crippen molar-refractivity contribution >= 4 is 17.5 Å². The number of hydrogen-bond acceptors (Lipinski definition) is 3. The lowest BCUT2D eigenvalue weighted by molar-refractivity contribution is -0.122. The summed E-state index contributed by atoms with van der Waals surface area (Å²) in [5.41, 5.74) is 2.03. The molecule has 1 rings (SSSR count). The van der Waals surface area contributed by atoms with Crippen molar-refractivity contribution in [2.24, 2.45) is 5.92 Å². The number of methoxy groups -OCH3 is 1. The molecule has 1 aromatic carbocycles. The molecule has 0 radical (unpaired) electrons. The number of carbonyl (C=O) groups excluding carboxylic acids is 2. The zero-order valence-electron chi connectivity index (χ0n) is 14.5. The number of benzene rings is 1. The van der Waals surface area contributed by atoms with Gasteiger partial charge in [-0.3, -0.25) is 9.59 Å². The Balaban J connectivity index is 2.36. The summed E-state index contributed by atoms with van der Waals surface area (Å²) in [4.78, 5) is 23.7. The summed E-state index contributed by atoms with van der Waals surface area (Å²) in [6.45, 7) is 7.15. The van der Waals surface area contributed by atoms with Gasteiger partial charge in [0.25, 0.3) is 0 Å². The quantitative estimate of drug-likeness (QED) is 0.688. The highest BCUT2D eigenvalue weighted by molar-refractivity contribution is 5.91. The lowest BCUT2D eigenvalue weighted by atomic mass is 10.0. The summed E-state index contributed by atoms with van der Waals surface area (Å²) >= 11 is 0. The van der Waals surface area contributed by atoms with Gasteiger partial charge in [-0.15, -0.1) is 0 Å². The zero-order chi connectivity index (χ0) is 17.2. The van der Waals surface area contributed by atoms with Gasteiger partial charge in [-0.2, -0.15) is 0 Å². The fourth-order valence-electron chi connectivity index (χ4n) is 2.23. The first kappa shape index (κ1) is 19.2. The van der Waals surface area contributed by atoms with E-state index in [1.165, 1.54) is 5.56 Å². The van der Waals surface area contributed by atoms with E-state index in [1.54, 1.807) is 7.11 Å². The van der Waals surface area contributed by atoms with Gasteiger partial charge in [0.2, 0.25) is 11.8 Å². The third-order valence-electron chi connectivity index (χ3n) is 3.56. The first-order valence-electron chi connectivity index (χ1n) is 8.07. The van der Waals surface area contributed by atoms with E-state index in [0.717, 1.165) is 5.69 Å². The van der Waals surface area contributed by atoms with Crippen LogP contribution in [0.1, 0.15) is 45.1 Å². The van der Waals surface area contributed by atoms with Crippen LogP contribution >= 0.6 is 0 Å². The lowest BCUT2D eigenvalue weighted by Gasteiger charge is -2.12. The number of rotatable bonds is 9. The van der Waals surface area contributed by atoms with Gasteiger partial charge in [-0.25, -0.2) is 0 Å². The first-order valence-corrected chi connectivity index (χ1v) is 8.07. The van der Waals surface area contributed by atoms with Crippen LogP contribution in [0.15, 0.2) is 24.3 Å². The van der Waals surface area contributed by atoms with E-state index in [9.17, 15) is 9.59 Å². The number of ether oxygens (including phenoxy) is 1. The van der Waals surface area contributed by atoms with Crippen molar-refractivity contribution in [2.75, 3.05) is 25.6 Å². The molecule has 23 heavy (non-hydrogen) atoms. The largest absolute Gasteiger partial charge is 0.383 e. The third kappa shape index (κ3) is 7.79. The molecule has 2 N–H and O–H groups in total. The highest BCUT2D eigenvalue weighted by Crippen LogP contribution is 2.18. The van der Waals surface area contributed by atoms with E-state index in [-0.39, 0.29) is 17.7 Å². The van der Waals surface area contributed by atoms with Crippen molar-refractivity contribution in [2.45, 2.75) is 39.5 Å². The second-order valence-corrected chi connectivity index (χ2v) is 6.18. The van der Waals surface area contributed by atoms with E-state index in [1.807, 2.05) is 31.2 Å². The Morgan fingerprint density at radius 3 is 2.22 bits per heavy atom. The molecule has 0 saturated carbocycles. The van der Waals surface area contributed by atoms with Crippen molar-refractivity contribution in [3.8, 4) is 0 Å². The van der Waals surface area contributed by atoms with Gasteiger partial charge in [-0.1, -0.05) is 32.9 Å². The molecular formula is C18H28N2O3. The van der Waals surface area contributed by atoms with Gasteiger partial charge < -0.3 is 15.4 Å². The number of hydrogen-bond donors (Lipinski definition) is 2. The summed E-state index contributed by atoms with van der Waals surface area (Å²) in [6, 6.07) is 7.87. The second kappa shape index (κ2) is 10.0. The van der Waals surface area contributed by atoms with E-state index < -0.39 is 0 Å². The Kier molecular flexibility index (Phi) is 8.33. The van der Waals surface area contributed by atoms with Crippen molar-refractivity contribution < 1.29 is 14.3 Å². The standard InChI is InChI=1S/C18H28N2O3/c1-13(2)15-5-7-16(8-6-15)20-18(22)12-14(3)11-17(21)19-9-10-23-4/h5-8,13-14H,9-12H2,1-4H3,(H,19,21)(H,20,22)/t14-/m1/s1. The van der Waals surface area contributed by atoms with E-state index in [2.05, 4.69) is 24.5 Å². The van der Waals surface area contributed by atoms with Gasteiger partial charge in [0, 0.05) is 32.2 Å². The molecule has 2 amide bonds. The zero-order valence-corrected chi connectivity index (χ0v) is 14.5. The van der Waals surface area contributed by atoms with Gasteiger partial charge in [0.05, 0.1) is 6.61 Å². The average Bonchev–Trinajstić information content (AvgIpc) is 2.47. The highest BCUT2D eigenvalue weighted by Gasteiger charge is 2.13. The van der Waals surface area contributed by atoms with Crippen LogP contribution in [0.2, 0.25) is 0 Å². The number of carbonyl (C=O) groups is 2. The van der Waals surface area contributed by atoms with Crippen molar-refractivity contribution in [3.63, 3.8) is 0 Å². The van der Waals surface area contributed by atoms with Crippen LogP contribution in [0.3, 0.4) is 0 Å². The molecule has 0 heterocycles. The van der Waals surface area contributed by atoms with Crippen molar-refractivity contribution in [1.82, 2.24) is 5.32 Å². The van der Waals surface area contributed by atoms with Crippen LogP contribution in [-0.2, 0) is 14.3 Å².